The first-order chi connectivity index (χ1) is 15.4. The lowest BCUT2D eigenvalue weighted by atomic mass is 10.2. The van der Waals surface area contributed by atoms with Crippen LogP contribution >= 0.6 is 0 Å². The van der Waals surface area contributed by atoms with Gasteiger partial charge in [-0.15, -0.1) is 13.2 Å². The predicted octanol–water partition coefficient (Wildman–Crippen LogP) is 4.21. The maximum absolute atomic E-state index is 12.3. The Morgan fingerprint density at radius 1 is 0.875 bits per heavy atom. The summed E-state index contributed by atoms with van der Waals surface area (Å²) in [4.78, 5) is 16.6. The Kier molecular flexibility index (Phi) is 5.66. The molecule has 3 N–H and O–H groups in total. The fraction of sp³-hybridized carbons (Fsp3) is 0.0500. The van der Waals surface area contributed by atoms with Crippen molar-refractivity contribution >= 4 is 34.6 Å². The minimum Gasteiger partial charge on any atom is -0.507 e. The lowest BCUT2D eigenvalue weighted by molar-refractivity contribution is -0.274. The quantitative estimate of drug-likeness (QED) is 0.301. The molecular weight excluding hydrogens is 427 g/mol. The molecule has 9 nitrogen and oxygen atoms in total. The van der Waals surface area contributed by atoms with Crippen LogP contribution in [-0.4, -0.2) is 37.6 Å². The first-order valence-electron chi connectivity index (χ1n) is 9.05. The van der Waals surface area contributed by atoms with Gasteiger partial charge in [0.15, 0.2) is 11.6 Å². The third-order valence-electron chi connectivity index (χ3n) is 4.08. The molecule has 0 fully saturated rings. The average molecular weight is 441 g/mol. The van der Waals surface area contributed by atoms with Gasteiger partial charge >= 0.3 is 6.36 Å². The molecule has 4 rings (SSSR count). The van der Waals surface area contributed by atoms with Crippen molar-refractivity contribution in [3.05, 3.63) is 66.7 Å². The van der Waals surface area contributed by atoms with Crippen LogP contribution in [-0.2, 0) is 0 Å². The molecule has 0 spiro atoms. The van der Waals surface area contributed by atoms with Crippen LogP contribution in [0.4, 0.5) is 30.5 Å². The van der Waals surface area contributed by atoms with Gasteiger partial charge in [-0.05, 0) is 36.4 Å². The number of nitrogens with one attached hydrogen (secondary N) is 2. The fourth-order valence-corrected chi connectivity index (χ4v) is 2.69. The smallest absolute Gasteiger partial charge is 0.507 e. The van der Waals surface area contributed by atoms with E-state index in [4.69, 9.17) is 0 Å². The van der Waals surface area contributed by atoms with Crippen LogP contribution in [0.2, 0.25) is 0 Å². The average Bonchev–Trinajstić information content (AvgIpc) is 2.76. The molecular formula is C20H14F3N7O2. The number of fused-ring (bicyclic) bond motifs is 1. The third kappa shape index (κ3) is 4.98. The van der Waals surface area contributed by atoms with Crippen LogP contribution in [0.25, 0.3) is 11.0 Å². The van der Waals surface area contributed by atoms with Gasteiger partial charge in [0.2, 0.25) is 0 Å². The molecule has 32 heavy (non-hydrogen) atoms. The Morgan fingerprint density at radius 2 is 1.53 bits per heavy atom. The van der Waals surface area contributed by atoms with Crippen molar-refractivity contribution in [1.82, 2.24) is 19.9 Å². The number of rotatable bonds is 6. The molecule has 0 aliphatic carbocycles. The Morgan fingerprint density at radius 3 is 2.22 bits per heavy atom. The zero-order chi connectivity index (χ0) is 22.6. The van der Waals surface area contributed by atoms with E-state index < -0.39 is 6.36 Å². The van der Waals surface area contributed by atoms with Crippen LogP contribution in [0, 0.1) is 0 Å². The summed E-state index contributed by atoms with van der Waals surface area (Å²) in [5.41, 5.74) is 4.44. The van der Waals surface area contributed by atoms with E-state index in [1.165, 1.54) is 49.2 Å². The number of anilines is 3. The molecule has 2 aromatic heterocycles. The molecule has 0 saturated heterocycles. The number of aromatic hydroxyl groups is 1. The van der Waals surface area contributed by atoms with Crippen molar-refractivity contribution in [3.8, 4) is 11.5 Å². The normalized spacial score (nSPS) is 11.6. The van der Waals surface area contributed by atoms with E-state index in [1.807, 2.05) is 0 Å². The number of alkyl halides is 3. The van der Waals surface area contributed by atoms with Gasteiger partial charge < -0.3 is 15.2 Å². The van der Waals surface area contributed by atoms with E-state index >= 15 is 0 Å². The van der Waals surface area contributed by atoms with E-state index in [0.29, 0.717) is 33.9 Å². The lowest BCUT2D eigenvalue weighted by Crippen LogP contribution is -2.16. The number of aromatic nitrogens is 4. The first-order valence-corrected chi connectivity index (χ1v) is 9.05. The van der Waals surface area contributed by atoms with Gasteiger partial charge in [-0.25, -0.2) is 19.9 Å². The predicted molar refractivity (Wildman–Crippen MR) is 111 cm³/mol. The number of phenols is 1. The Hall–Kier alpha value is -4.48. The van der Waals surface area contributed by atoms with E-state index in [1.54, 1.807) is 18.2 Å². The largest absolute Gasteiger partial charge is 0.573 e. The maximum atomic E-state index is 12.3. The number of ether oxygens (including phenoxy) is 1. The van der Waals surface area contributed by atoms with Crippen molar-refractivity contribution in [2.45, 2.75) is 6.36 Å². The van der Waals surface area contributed by atoms with Gasteiger partial charge in [-0.1, -0.05) is 12.1 Å². The summed E-state index contributed by atoms with van der Waals surface area (Å²) < 4.78 is 40.8. The first kappa shape index (κ1) is 20.8. The highest BCUT2D eigenvalue weighted by molar-refractivity contribution is 5.93. The highest BCUT2D eigenvalue weighted by Crippen LogP contribution is 2.27. The highest BCUT2D eigenvalue weighted by atomic mass is 19.4. The zero-order valence-electron chi connectivity index (χ0n) is 16.1. The maximum Gasteiger partial charge on any atom is 0.573 e. The standard InChI is InChI=1S/C20H14F3N7O2/c21-20(22,23)32-14-7-5-13(6-8-14)29-18-16-17(25-10-26-18)19(27-11-24-16)30-28-9-12-3-1-2-4-15(12)31/h1-11,31H,(H,24,27,30)(H,25,26,29)/b28-9+. The molecule has 0 saturated carbocycles. The number of para-hydroxylation sites is 1. The van der Waals surface area contributed by atoms with Gasteiger partial charge in [0.25, 0.3) is 0 Å². The van der Waals surface area contributed by atoms with E-state index in [2.05, 4.69) is 40.5 Å². The molecule has 0 aliphatic rings. The molecule has 2 heterocycles. The fourth-order valence-electron chi connectivity index (χ4n) is 2.69. The summed E-state index contributed by atoms with van der Waals surface area (Å²) in [6, 6.07) is 11.8. The Labute approximate surface area is 178 Å². The summed E-state index contributed by atoms with van der Waals surface area (Å²) in [5.74, 6) is 0.341. The molecule has 12 heteroatoms. The molecule has 0 amide bonds. The van der Waals surface area contributed by atoms with Gasteiger partial charge in [0.05, 0.1) is 6.21 Å². The molecule has 0 bridgehead atoms. The van der Waals surface area contributed by atoms with Crippen LogP contribution in [0.5, 0.6) is 11.5 Å². The number of halogens is 3. The van der Waals surface area contributed by atoms with Crippen molar-refractivity contribution in [2.24, 2.45) is 5.10 Å². The number of hydrogen-bond acceptors (Lipinski definition) is 9. The van der Waals surface area contributed by atoms with Crippen molar-refractivity contribution in [1.29, 1.82) is 0 Å². The second kappa shape index (κ2) is 8.71. The minimum absolute atomic E-state index is 0.0751. The molecule has 0 aliphatic heterocycles. The van der Waals surface area contributed by atoms with Gasteiger partial charge in [-0.2, -0.15) is 5.10 Å². The van der Waals surface area contributed by atoms with Crippen LogP contribution in [0.3, 0.4) is 0 Å². The topological polar surface area (TPSA) is 117 Å². The van der Waals surface area contributed by atoms with Gasteiger partial charge in [-0.3, -0.25) is 5.43 Å². The number of nitrogens with zero attached hydrogens (tertiary/aromatic N) is 5. The van der Waals surface area contributed by atoms with Crippen LogP contribution in [0.1, 0.15) is 5.56 Å². The Bertz CT molecular complexity index is 1260. The molecule has 0 unspecified atom stereocenters. The van der Waals surface area contributed by atoms with E-state index in [9.17, 15) is 18.3 Å². The zero-order valence-corrected chi connectivity index (χ0v) is 16.1. The molecule has 0 atom stereocenters. The van der Waals surface area contributed by atoms with Crippen molar-refractivity contribution in [3.63, 3.8) is 0 Å². The Balaban J connectivity index is 1.55. The van der Waals surface area contributed by atoms with Gasteiger partial charge in [0.1, 0.15) is 35.2 Å². The van der Waals surface area contributed by atoms with E-state index in [0.717, 1.165) is 0 Å². The number of benzene rings is 2. The number of hydrazone groups is 1. The second-order valence-corrected chi connectivity index (χ2v) is 6.27. The number of hydrogen-bond donors (Lipinski definition) is 3. The summed E-state index contributed by atoms with van der Waals surface area (Å²) in [6.45, 7) is 0. The monoisotopic (exact) mass is 441 g/mol. The summed E-state index contributed by atoms with van der Waals surface area (Å²) in [5, 5.41) is 16.8. The lowest BCUT2D eigenvalue weighted by Gasteiger charge is -2.11. The van der Waals surface area contributed by atoms with Gasteiger partial charge in [0, 0.05) is 11.3 Å². The van der Waals surface area contributed by atoms with Crippen LogP contribution < -0.4 is 15.5 Å². The summed E-state index contributed by atoms with van der Waals surface area (Å²) >= 11 is 0. The molecule has 4 aromatic rings. The SMILES string of the molecule is Oc1ccccc1/C=N/Nc1ncnc2c(Nc3ccc(OC(F)(F)F)cc3)ncnc12. The third-order valence-corrected chi connectivity index (χ3v) is 4.08. The van der Waals surface area contributed by atoms with Crippen molar-refractivity contribution < 1.29 is 23.0 Å². The molecule has 162 valence electrons. The summed E-state index contributed by atoms with van der Waals surface area (Å²) in [6.07, 6.45) is -0.768. The second-order valence-electron chi connectivity index (χ2n) is 6.27. The minimum atomic E-state index is -4.76. The summed E-state index contributed by atoms with van der Waals surface area (Å²) in [7, 11) is 0. The molecule has 0 radical (unpaired) electrons. The van der Waals surface area contributed by atoms with E-state index in [-0.39, 0.29) is 11.5 Å². The van der Waals surface area contributed by atoms with Crippen molar-refractivity contribution in [2.75, 3.05) is 10.7 Å². The van der Waals surface area contributed by atoms with Crippen LogP contribution in [0.15, 0.2) is 66.3 Å². The molecule has 2 aromatic carbocycles. The number of phenolic OH excluding ortho intramolecular Hbond substituents is 1. The highest BCUT2D eigenvalue weighted by Gasteiger charge is 2.30.